The lowest BCUT2D eigenvalue weighted by Gasteiger charge is -2.08. The number of carbonyl (C=O) groups excluding carboxylic acids is 1. The summed E-state index contributed by atoms with van der Waals surface area (Å²) in [7, 11) is 0. The van der Waals surface area contributed by atoms with E-state index in [9.17, 15) is 4.79 Å². The molecule has 78 valence electrons. The van der Waals surface area contributed by atoms with Gasteiger partial charge in [0.05, 0.1) is 11.1 Å². The van der Waals surface area contributed by atoms with Gasteiger partial charge in [0.1, 0.15) is 0 Å². The van der Waals surface area contributed by atoms with Crippen molar-refractivity contribution in [3.63, 3.8) is 0 Å². The second-order valence-electron chi connectivity index (χ2n) is 3.25. The monoisotopic (exact) mass is 241 g/mol. The Kier molecular flexibility index (Phi) is 4.14. The minimum atomic E-state index is -0.356. The van der Waals surface area contributed by atoms with Gasteiger partial charge < -0.3 is 0 Å². The van der Waals surface area contributed by atoms with Crippen molar-refractivity contribution >= 4 is 29.0 Å². The van der Waals surface area contributed by atoms with Crippen molar-refractivity contribution in [3.8, 4) is 6.07 Å². The third-order valence-electron chi connectivity index (χ3n) is 2.04. The molecule has 0 radical (unpaired) electrons. The maximum atomic E-state index is 11.8. The Morgan fingerprint density at radius 1 is 1.53 bits per heavy atom. The van der Waals surface area contributed by atoms with Gasteiger partial charge in [0.15, 0.2) is 5.78 Å². The number of benzene rings is 1. The molecule has 0 spiro atoms. The molecule has 1 atom stereocenters. The van der Waals surface area contributed by atoms with Gasteiger partial charge in [0.2, 0.25) is 0 Å². The van der Waals surface area contributed by atoms with E-state index in [-0.39, 0.29) is 18.1 Å². The Balaban J connectivity index is 3.01. The molecule has 0 saturated heterocycles. The molecule has 0 bridgehead atoms. The van der Waals surface area contributed by atoms with Gasteiger partial charge in [-0.2, -0.15) is 5.26 Å². The average molecular weight is 242 g/mol. The number of rotatable bonds is 3. The Bertz CT molecular complexity index is 423. The first-order chi connectivity index (χ1) is 7.06. The van der Waals surface area contributed by atoms with E-state index in [1.54, 1.807) is 19.1 Å². The van der Waals surface area contributed by atoms with Crippen LogP contribution in [0, 0.1) is 17.2 Å². The lowest BCUT2D eigenvalue weighted by Crippen LogP contribution is -2.11. The highest BCUT2D eigenvalue weighted by molar-refractivity contribution is 6.36. The van der Waals surface area contributed by atoms with Crippen LogP contribution in [0.3, 0.4) is 0 Å². The predicted octanol–water partition coefficient (Wildman–Crippen LogP) is 3.73. The number of nitriles is 1. The number of ketones is 1. The number of hydrogen-bond acceptors (Lipinski definition) is 2. The van der Waals surface area contributed by atoms with Crippen LogP contribution in [0.15, 0.2) is 18.2 Å². The van der Waals surface area contributed by atoms with Crippen molar-refractivity contribution in [2.45, 2.75) is 13.3 Å². The molecule has 15 heavy (non-hydrogen) atoms. The maximum absolute atomic E-state index is 11.8. The summed E-state index contributed by atoms with van der Waals surface area (Å²) in [6.07, 6.45) is 0.182. The minimum absolute atomic E-state index is 0.149. The van der Waals surface area contributed by atoms with Gasteiger partial charge in [0, 0.05) is 22.9 Å². The topological polar surface area (TPSA) is 40.9 Å². The highest BCUT2D eigenvalue weighted by Gasteiger charge is 2.17. The lowest BCUT2D eigenvalue weighted by molar-refractivity contribution is 0.0932. The van der Waals surface area contributed by atoms with Gasteiger partial charge in [-0.15, -0.1) is 0 Å². The zero-order chi connectivity index (χ0) is 11.4. The van der Waals surface area contributed by atoms with Crippen LogP contribution >= 0.6 is 23.2 Å². The summed E-state index contributed by atoms with van der Waals surface area (Å²) in [6.45, 7) is 1.70. The summed E-state index contributed by atoms with van der Waals surface area (Å²) in [6, 6.07) is 6.68. The number of Topliss-reactive ketones (excluding diaryl/α,β-unsaturated/α-hetero) is 1. The van der Waals surface area contributed by atoms with E-state index in [1.165, 1.54) is 6.07 Å². The van der Waals surface area contributed by atoms with E-state index in [1.807, 2.05) is 6.07 Å². The first-order valence-corrected chi connectivity index (χ1v) is 5.18. The molecule has 0 aliphatic heterocycles. The van der Waals surface area contributed by atoms with E-state index < -0.39 is 0 Å². The summed E-state index contributed by atoms with van der Waals surface area (Å²) >= 11 is 11.6. The van der Waals surface area contributed by atoms with Gasteiger partial charge in [-0.3, -0.25) is 4.79 Å². The Morgan fingerprint density at radius 3 is 2.80 bits per heavy atom. The molecule has 1 aromatic carbocycles. The summed E-state index contributed by atoms with van der Waals surface area (Å²) < 4.78 is 0. The van der Waals surface area contributed by atoms with Crippen LogP contribution in [0.25, 0.3) is 0 Å². The Morgan fingerprint density at radius 2 is 2.20 bits per heavy atom. The Hall–Kier alpha value is -1.04. The molecular formula is C11H9Cl2NO. The first-order valence-electron chi connectivity index (χ1n) is 4.42. The van der Waals surface area contributed by atoms with Crippen LogP contribution < -0.4 is 0 Å². The standard InChI is InChI=1S/C11H9Cl2NO/c1-7(4-5-14)11(15)9-6-8(12)2-3-10(9)13/h2-3,6-7H,4H2,1H3. The molecule has 2 nitrogen and oxygen atoms in total. The number of nitrogens with zero attached hydrogens (tertiary/aromatic N) is 1. The van der Waals surface area contributed by atoms with Gasteiger partial charge >= 0.3 is 0 Å². The molecule has 0 amide bonds. The first kappa shape index (κ1) is 12.0. The summed E-state index contributed by atoms with van der Waals surface area (Å²) in [5.74, 6) is -0.505. The number of halogens is 2. The molecule has 4 heteroatoms. The molecule has 0 fully saturated rings. The average Bonchev–Trinajstić information content (AvgIpc) is 2.21. The quantitative estimate of drug-likeness (QED) is 0.757. The van der Waals surface area contributed by atoms with Crippen molar-refractivity contribution in [3.05, 3.63) is 33.8 Å². The van der Waals surface area contributed by atoms with Crippen LogP contribution in [0.2, 0.25) is 10.0 Å². The molecule has 0 aliphatic carbocycles. The third-order valence-corrected chi connectivity index (χ3v) is 2.60. The molecule has 0 aromatic heterocycles. The molecule has 0 saturated carbocycles. The fourth-order valence-corrected chi connectivity index (χ4v) is 1.56. The molecule has 0 aliphatic rings. The van der Waals surface area contributed by atoms with Crippen molar-refractivity contribution in [2.24, 2.45) is 5.92 Å². The molecule has 1 rings (SSSR count). The van der Waals surface area contributed by atoms with Crippen molar-refractivity contribution in [1.82, 2.24) is 0 Å². The third kappa shape index (κ3) is 2.95. The minimum Gasteiger partial charge on any atom is -0.294 e. The van der Waals surface area contributed by atoms with Crippen molar-refractivity contribution < 1.29 is 4.79 Å². The smallest absolute Gasteiger partial charge is 0.168 e. The van der Waals surface area contributed by atoms with Crippen LogP contribution in [-0.2, 0) is 0 Å². The van der Waals surface area contributed by atoms with Gasteiger partial charge in [-0.25, -0.2) is 0 Å². The van der Waals surface area contributed by atoms with E-state index >= 15 is 0 Å². The summed E-state index contributed by atoms with van der Waals surface area (Å²) in [4.78, 5) is 11.8. The predicted molar refractivity (Wildman–Crippen MR) is 60.2 cm³/mol. The fourth-order valence-electron chi connectivity index (χ4n) is 1.18. The molecule has 1 aromatic rings. The maximum Gasteiger partial charge on any atom is 0.168 e. The molecule has 0 heterocycles. The Labute approximate surface area is 98.4 Å². The van der Waals surface area contributed by atoms with Crippen LogP contribution in [0.5, 0.6) is 0 Å². The molecule has 1 unspecified atom stereocenters. The highest BCUT2D eigenvalue weighted by atomic mass is 35.5. The van der Waals surface area contributed by atoms with Crippen molar-refractivity contribution in [1.29, 1.82) is 5.26 Å². The van der Waals surface area contributed by atoms with E-state index in [2.05, 4.69) is 0 Å². The van der Waals surface area contributed by atoms with E-state index in [0.717, 1.165) is 0 Å². The van der Waals surface area contributed by atoms with E-state index in [4.69, 9.17) is 28.5 Å². The highest BCUT2D eigenvalue weighted by Crippen LogP contribution is 2.24. The number of carbonyl (C=O) groups is 1. The van der Waals surface area contributed by atoms with Gasteiger partial charge in [0.25, 0.3) is 0 Å². The molecular weight excluding hydrogens is 233 g/mol. The van der Waals surface area contributed by atoms with Gasteiger partial charge in [-0.1, -0.05) is 30.1 Å². The zero-order valence-corrected chi connectivity index (χ0v) is 9.64. The fraction of sp³-hybridized carbons (Fsp3) is 0.273. The molecule has 0 N–H and O–H groups in total. The van der Waals surface area contributed by atoms with Gasteiger partial charge in [-0.05, 0) is 18.2 Å². The number of hydrogen-bond donors (Lipinski definition) is 0. The second kappa shape index (κ2) is 5.16. The SMILES string of the molecule is CC(CC#N)C(=O)c1cc(Cl)ccc1Cl. The zero-order valence-electron chi connectivity index (χ0n) is 8.13. The second-order valence-corrected chi connectivity index (χ2v) is 4.10. The normalized spacial score (nSPS) is 11.9. The largest absolute Gasteiger partial charge is 0.294 e. The van der Waals surface area contributed by atoms with Crippen LogP contribution in [-0.4, -0.2) is 5.78 Å². The van der Waals surface area contributed by atoms with Crippen LogP contribution in [0.4, 0.5) is 0 Å². The van der Waals surface area contributed by atoms with E-state index in [0.29, 0.717) is 15.6 Å². The van der Waals surface area contributed by atoms with Crippen LogP contribution in [0.1, 0.15) is 23.7 Å². The summed E-state index contributed by atoms with van der Waals surface area (Å²) in [5, 5.41) is 9.33. The van der Waals surface area contributed by atoms with Crippen molar-refractivity contribution in [2.75, 3.05) is 0 Å². The summed E-state index contributed by atoms with van der Waals surface area (Å²) in [5.41, 5.74) is 0.381. The lowest BCUT2D eigenvalue weighted by atomic mass is 9.97.